The molecule has 0 unspecified atom stereocenters. The number of non-ortho nitro benzene ring substituents is 1. The first-order valence-corrected chi connectivity index (χ1v) is 9.60. The Morgan fingerprint density at radius 1 is 1.31 bits per heavy atom. The molecule has 32 heavy (non-hydrogen) atoms. The Morgan fingerprint density at radius 2 is 2.03 bits per heavy atom. The SMILES string of the molecule is COc1c(C=NNC(=O)c2ccc([N+](=O)[O-])cc2)c(CCN(C)C(C)=O)cc2c1OCO2. The van der Waals surface area contributed by atoms with Gasteiger partial charge in [-0.25, -0.2) is 5.43 Å². The minimum atomic E-state index is -0.545. The van der Waals surface area contributed by atoms with Crippen molar-refractivity contribution >= 4 is 23.7 Å². The second-order valence-corrected chi connectivity index (χ2v) is 6.91. The molecule has 0 bridgehead atoms. The predicted octanol–water partition coefficient (Wildman–Crippen LogP) is 2.12. The van der Waals surface area contributed by atoms with Gasteiger partial charge in [0, 0.05) is 43.8 Å². The summed E-state index contributed by atoms with van der Waals surface area (Å²) in [6, 6.07) is 6.95. The maximum atomic E-state index is 12.3. The number of ether oxygens (including phenoxy) is 3. The van der Waals surface area contributed by atoms with E-state index in [1.165, 1.54) is 44.5 Å². The van der Waals surface area contributed by atoms with Gasteiger partial charge < -0.3 is 19.1 Å². The van der Waals surface area contributed by atoms with E-state index in [1.807, 2.05) is 0 Å². The quantitative estimate of drug-likeness (QED) is 0.376. The normalized spacial score (nSPS) is 12.0. The van der Waals surface area contributed by atoms with Crippen LogP contribution in [0.5, 0.6) is 17.2 Å². The number of hydrogen-bond acceptors (Lipinski definition) is 8. The summed E-state index contributed by atoms with van der Waals surface area (Å²) in [7, 11) is 3.18. The van der Waals surface area contributed by atoms with E-state index in [1.54, 1.807) is 18.0 Å². The molecule has 168 valence electrons. The summed E-state index contributed by atoms with van der Waals surface area (Å²) in [6.45, 7) is 1.99. The van der Waals surface area contributed by atoms with Crippen molar-refractivity contribution in [2.75, 3.05) is 27.5 Å². The lowest BCUT2D eigenvalue weighted by Gasteiger charge is -2.17. The fourth-order valence-corrected chi connectivity index (χ4v) is 3.03. The lowest BCUT2D eigenvalue weighted by molar-refractivity contribution is -0.384. The number of carbonyl (C=O) groups excluding carboxylic acids is 2. The van der Waals surface area contributed by atoms with Crippen molar-refractivity contribution < 1.29 is 28.7 Å². The smallest absolute Gasteiger partial charge is 0.271 e. The van der Waals surface area contributed by atoms with Gasteiger partial charge in [-0.15, -0.1) is 0 Å². The molecule has 0 atom stereocenters. The van der Waals surface area contributed by atoms with E-state index in [0.29, 0.717) is 35.8 Å². The van der Waals surface area contributed by atoms with Gasteiger partial charge in [-0.3, -0.25) is 19.7 Å². The van der Waals surface area contributed by atoms with Gasteiger partial charge in [-0.1, -0.05) is 0 Å². The van der Waals surface area contributed by atoms with Crippen LogP contribution >= 0.6 is 0 Å². The average molecular weight is 442 g/mol. The van der Waals surface area contributed by atoms with Crippen LogP contribution in [-0.4, -0.2) is 55.3 Å². The number of rotatable bonds is 8. The van der Waals surface area contributed by atoms with Gasteiger partial charge in [-0.05, 0) is 30.2 Å². The fourth-order valence-electron chi connectivity index (χ4n) is 3.03. The van der Waals surface area contributed by atoms with Crippen molar-refractivity contribution in [1.82, 2.24) is 10.3 Å². The molecule has 3 rings (SSSR count). The topological polar surface area (TPSA) is 133 Å². The van der Waals surface area contributed by atoms with E-state index in [2.05, 4.69) is 10.5 Å². The largest absolute Gasteiger partial charge is 0.492 e. The number of methoxy groups -OCH3 is 1. The van der Waals surface area contributed by atoms with Gasteiger partial charge in [0.1, 0.15) is 0 Å². The molecule has 1 N–H and O–H groups in total. The van der Waals surface area contributed by atoms with Crippen LogP contribution in [0.1, 0.15) is 28.4 Å². The minimum Gasteiger partial charge on any atom is -0.492 e. The summed E-state index contributed by atoms with van der Waals surface area (Å²) in [4.78, 5) is 35.6. The molecule has 2 aromatic rings. The van der Waals surface area contributed by atoms with Gasteiger partial charge in [-0.2, -0.15) is 5.10 Å². The summed E-state index contributed by atoms with van der Waals surface area (Å²) >= 11 is 0. The van der Waals surface area contributed by atoms with Crippen molar-refractivity contribution in [2.24, 2.45) is 5.10 Å². The first kappa shape index (κ1) is 22.5. The van der Waals surface area contributed by atoms with Gasteiger partial charge >= 0.3 is 0 Å². The number of fused-ring (bicyclic) bond motifs is 1. The number of nitrogens with one attached hydrogen (secondary N) is 1. The molecule has 1 heterocycles. The Labute approximate surface area is 183 Å². The van der Waals surface area contributed by atoms with Gasteiger partial charge in [0.25, 0.3) is 11.6 Å². The highest BCUT2D eigenvalue weighted by molar-refractivity contribution is 5.95. The third-order valence-electron chi connectivity index (χ3n) is 4.90. The van der Waals surface area contributed by atoms with Crippen LogP contribution in [0.15, 0.2) is 35.4 Å². The van der Waals surface area contributed by atoms with Crippen LogP contribution in [0, 0.1) is 10.1 Å². The molecule has 2 amide bonds. The predicted molar refractivity (Wildman–Crippen MR) is 114 cm³/mol. The van der Waals surface area contributed by atoms with Crippen molar-refractivity contribution in [1.29, 1.82) is 0 Å². The summed E-state index contributed by atoms with van der Waals surface area (Å²) < 4.78 is 16.5. The second-order valence-electron chi connectivity index (χ2n) is 6.91. The van der Waals surface area contributed by atoms with Crippen LogP contribution in [0.25, 0.3) is 0 Å². The Balaban J connectivity index is 1.83. The highest BCUT2D eigenvalue weighted by Gasteiger charge is 2.25. The molecule has 1 aliphatic heterocycles. The first-order valence-electron chi connectivity index (χ1n) is 9.60. The van der Waals surface area contributed by atoms with Gasteiger partial charge in [0.05, 0.1) is 18.2 Å². The molecule has 0 aliphatic carbocycles. The maximum absolute atomic E-state index is 12.3. The molecule has 0 radical (unpaired) electrons. The molecular formula is C21H22N4O7. The molecule has 0 fully saturated rings. The van der Waals surface area contributed by atoms with E-state index in [4.69, 9.17) is 14.2 Å². The molecule has 11 heteroatoms. The van der Waals surface area contributed by atoms with Gasteiger partial charge in [0.15, 0.2) is 11.5 Å². The van der Waals surface area contributed by atoms with Crippen molar-refractivity contribution in [2.45, 2.75) is 13.3 Å². The summed E-state index contributed by atoms with van der Waals surface area (Å²) in [5.41, 5.74) is 3.85. The number of hydrazone groups is 1. The summed E-state index contributed by atoms with van der Waals surface area (Å²) in [5.74, 6) is 0.750. The zero-order chi connectivity index (χ0) is 23.3. The number of carbonyl (C=O) groups is 2. The minimum absolute atomic E-state index is 0.0515. The van der Waals surface area contributed by atoms with Crippen molar-refractivity contribution in [3.05, 3.63) is 57.1 Å². The number of nitro benzene ring substituents is 1. The van der Waals surface area contributed by atoms with Crippen molar-refractivity contribution in [3.8, 4) is 17.2 Å². The Hall–Kier alpha value is -4.15. The molecule has 0 spiro atoms. The number of hydrogen-bond donors (Lipinski definition) is 1. The number of nitrogens with zero attached hydrogens (tertiary/aromatic N) is 3. The molecule has 0 saturated carbocycles. The van der Waals surface area contributed by atoms with E-state index in [0.717, 1.165) is 5.56 Å². The third-order valence-corrected chi connectivity index (χ3v) is 4.90. The lowest BCUT2D eigenvalue weighted by atomic mass is 10.0. The molecule has 0 aromatic heterocycles. The number of likely N-dealkylation sites (N-methyl/N-ethyl adjacent to an activating group) is 1. The standard InChI is InChI=1S/C21H22N4O7/c1-13(26)24(2)9-8-15-10-18-20(32-12-31-18)19(30-3)17(15)11-22-23-21(27)14-4-6-16(7-5-14)25(28)29/h4-7,10-11H,8-9,12H2,1-3H3,(H,23,27). The molecular weight excluding hydrogens is 420 g/mol. The summed E-state index contributed by atoms with van der Waals surface area (Å²) in [5, 5.41) is 14.8. The maximum Gasteiger partial charge on any atom is 0.271 e. The average Bonchev–Trinajstić information content (AvgIpc) is 3.25. The lowest BCUT2D eigenvalue weighted by Crippen LogP contribution is -2.26. The highest BCUT2D eigenvalue weighted by atomic mass is 16.7. The molecule has 2 aromatic carbocycles. The zero-order valence-electron chi connectivity index (χ0n) is 17.8. The Bertz CT molecular complexity index is 1070. The van der Waals surface area contributed by atoms with E-state index in [-0.39, 0.29) is 24.0 Å². The fraction of sp³-hybridized carbons (Fsp3) is 0.286. The van der Waals surface area contributed by atoms with Crippen LogP contribution in [0.2, 0.25) is 0 Å². The van der Waals surface area contributed by atoms with E-state index >= 15 is 0 Å². The molecule has 1 aliphatic rings. The first-order chi connectivity index (χ1) is 15.3. The van der Waals surface area contributed by atoms with Crippen LogP contribution < -0.4 is 19.6 Å². The second kappa shape index (κ2) is 9.77. The Kier molecular flexibility index (Phi) is 6.88. The zero-order valence-corrected chi connectivity index (χ0v) is 17.8. The number of benzene rings is 2. The van der Waals surface area contributed by atoms with Crippen LogP contribution in [-0.2, 0) is 11.2 Å². The number of nitro groups is 1. The number of amides is 2. The molecule has 0 saturated heterocycles. The highest BCUT2D eigenvalue weighted by Crippen LogP contribution is 2.44. The van der Waals surface area contributed by atoms with E-state index in [9.17, 15) is 19.7 Å². The molecule has 11 nitrogen and oxygen atoms in total. The van der Waals surface area contributed by atoms with E-state index < -0.39 is 10.8 Å². The van der Waals surface area contributed by atoms with Gasteiger partial charge in [0.2, 0.25) is 18.4 Å². The Morgan fingerprint density at radius 3 is 2.66 bits per heavy atom. The summed E-state index contributed by atoms with van der Waals surface area (Å²) in [6.07, 6.45) is 1.91. The monoisotopic (exact) mass is 442 g/mol. The van der Waals surface area contributed by atoms with Crippen LogP contribution in [0.4, 0.5) is 5.69 Å². The van der Waals surface area contributed by atoms with Crippen LogP contribution in [0.3, 0.4) is 0 Å². The third kappa shape index (κ3) is 4.94. The van der Waals surface area contributed by atoms with Crippen molar-refractivity contribution in [3.63, 3.8) is 0 Å².